The highest BCUT2D eigenvalue weighted by molar-refractivity contribution is 7.78. The Morgan fingerprint density at radius 3 is 2.09 bits per heavy atom. The lowest BCUT2D eigenvalue weighted by molar-refractivity contribution is 0.415. The van der Waals surface area contributed by atoms with E-state index in [0.717, 1.165) is 5.75 Å². The van der Waals surface area contributed by atoms with Gasteiger partial charge >= 0.3 is 0 Å². The van der Waals surface area contributed by atoms with Crippen LogP contribution in [0.5, 0.6) is 5.75 Å². The number of ether oxygens (including phenoxy) is 1. The summed E-state index contributed by atoms with van der Waals surface area (Å²) in [5.41, 5.74) is 0. The minimum Gasteiger partial charge on any atom is -0.497 e. The standard InChI is InChI=1S/C7H8O.CHNS/c1-8-7-5-3-2-4-6-7;2-1-3/h2-6H,1H3;2H. The third-order valence-electron chi connectivity index (χ3n) is 0.979. The molecule has 2 nitrogen and oxygen atoms in total. The maximum atomic E-state index is 5.77. The molecule has 0 unspecified atom stereocenters. The highest BCUT2D eigenvalue weighted by Crippen LogP contribution is 2.05. The minimum atomic E-state index is 0.910. The quantitative estimate of drug-likeness (QED) is 0.514. The summed E-state index contributed by atoms with van der Waals surface area (Å²) in [4.78, 5) is 0. The van der Waals surface area contributed by atoms with Gasteiger partial charge in [-0.1, -0.05) is 18.2 Å². The molecule has 0 fully saturated rings. The first kappa shape index (κ1) is 9.82. The molecule has 0 saturated heterocycles. The van der Waals surface area contributed by atoms with Crippen molar-refractivity contribution >= 4 is 17.4 Å². The summed E-state index contributed by atoms with van der Waals surface area (Å²) < 4.78 is 4.91. The molecule has 1 N–H and O–H groups in total. The molecule has 0 aromatic heterocycles. The zero-order valence-corrected chi connectivity index (χ0v) is 7.02. The molecule has 58 valence electrons. The Labute approximate surface area is 71.3 Å². The molecule has 3 heteroatoms. The first-order chi connectivity index (χ1) is 5.35. The van der Waals surface area contributed by atoms with E-state index in [1.54, 1.807) is 12.3 Å². The van der Waals surface area contributed by atoms with E-state index in [-0.39, 0.29) is 0 Å². The van der Waals surface area contributed by atoms with Gasteiger partial charge < -0.3 is 4.74 Å². The van der Waals surface area contributed by atoms with Crippen molar-refractivity contribution in [2.75, 3.05) is 7.11 Å². The molecule has 1 aromatic rings. The second kappa shape index (κ2) is 6.93. The Morgan fingerprint density at radius 1 is 1.36 bits per heavy atom. The molecule has 0 spiro atoms. The average Bonchev–Trinajstić information content (AvgIpc) is 2.08. The summed E-state index contributed by atoms with van der Waals surface area (Å²) >= 11 is 3.81. The van der Waals surface area contributed by atoms with E-state index in [1.807, 2.05) is 30.3 Å². The van der Waals surface area contributed by atoms with E-state index in [9.17, 15) is 0 Å². The van der Waals surface area contributed by atoms with Crippen molar-refractivity contribution in [2.45, 2.75) is 0 Å². The molecule has 0 amide bonds. The third kappa shape index (κ3) is 5.27. The molecule has 0 aliphatic rings. The fraction of sp³-hybridized carbons (Fsp3) is 0.125. The summed E-state index contributed by atoms with van der Waals surface area (Å²) in [7, 11) is 1.66. The van der Waals surface area contributed by atoms with Crippen molar-refractivity contribution in [2.24, 2.45) is 0 Å². The van der Waals surface area contributed by atoms with Crippen molar-refractivity contribution in [1.82, 2.24) is 0 Å². The number of rotatable bonds is 1. The number of para-hydroxylation sites is 1. The van der Waals surface area contributed by atoms with Crippen LogP contribution in [0.3, 0.4) is 0 Å². The van der Waals surface area contributed by atoms with Crippen LogP contribution in [-0.2, 0) is 0 Å². The first-order valence-corrected chi connectivity index (χ1v) is 3.39. The molecule has 1 rings (SSSR count). The number of nitrogens with one attached hydrogen (secondary N) is 1. The molecule has 1 aromatic carbocycles. The van der Waals surface area contributed by atoms with Gasteiger partial charge in [0.2, 0.25) is 0 Å². The second-order valence-corrected chi connectivity index (χ2v) is 1.82. The molecular formula is C8H9NOS. The molecule has 11 heavy (non-hydrogen) atoms. The largest absolute Gasteiger partial charge is 0.497 e. The van der Waals surface area contributed by atoms with E-state index in [0.29, 0.717) is 0 Å². The molecule has 0 bridgehead atoms. The Morgan fingerprint density at radius 2 is 1.82 bits per heavy atom. The summed E-state index contributed by atoms with van der Waals surface area (Å²) in [6, 6.07) is 9.68. The number of hydrogen-bond acceptors (Lipinski definition) is 3. The SMILES string of the molecule is COc1ccccc1.N=C=S. The first-order valence-electron chi connectivity index (χ1n) is 2.98. The van der Waals surface area contributed by atoms with Crippen LogP contribution in [0, 0.1) is 5.41 Å². The van der Waals surface area contributed by atoms with Gasteiger partial charge in [0.15, 0.2) is 0 Å². The van der Waals surface area contributed by atoms with Crippen molar-refractivity contribution in [3.8, 4) is 5.75 Å². The van der Waals surface area contributed by atoms with E-state index in [4.69, 9.17) is 10.1 Å². The van der Waals surface area contributed by atoms with Gasteiger partial charge in [-0.15, -0.1) is 0 Å². The van der Waals surface area contributed by atoms with Gasteiger partial charge in [0.1, 0.15) is 5.75 Å². The predicted octanol–water partition coefficient (Wildman–Crippen LogP) is 2.36. The number of hydrogen-bond donors (Lipinski definition) is 1. The molecule has 0 saturated carbocycles. The van der Waals surface area contributed by atoms with Crippen LogP contribution in [0.15, 0.2) is 30.3 Å². The highest BCUT2D eigenvalue weighted by atomic mass is 32.1. The lowest BCUT2D eigenvalue weighted by atomic mass is 10.3. The Hall–Kier alpha value is -1.18. The van der Waals surface area contributed by atoms with Gasteiger partial charge in [0.25, 0.3) is 0 Å². The van der Waals surface area contributed by atoms with Gasteiger partial charge in [-0.3, -0.25) is 0 Å². The number of thiocarbonyl (C=S) groups is 1. The number of benzene rings is 1. The van der Waals surface area contributed by atoms with E-state index >= 15 is 0 Å². The lowest BCUT2D eigenvalue weighted by Crippen LogP contribution is -1.78. The monoisotopic (exact) mass is 167 g/mol. The summed E-state index contributed by atoms with van der Waals surface area (Å²) in [5.74, 6) is 0.910. The van der Waals surface area contributed by atoms with Crippen LogP contribution in [0.1, 0.15) is 0 Å². The van der Waals surface area contributed by atoms with Crippen LogP contribution >= 0.6 is 12.2 Å². The van der Waals surface area contributed by atoms with Crippen molar-refractivity contribution < 1.29 is 4.74 Å². The fourth-order valence-electron chi connectivity index (χ4n) is 0.557. The molecule has 0 heterocycles. The van der Waals surface area contributed by atoms with Crippen LogP contribution in [-0.4, -0.2) is 12.3 Å². The van der Waals surface area contributed by atoms with Gasteiger partial charge in [-0.05, 0) is 24.4 Å². The van der Waals surface area contributed by atoms with Crippen molar-refractivity contribution in [3.63, 3.8) is 0 Å². The highest BCUT2D eigenvalue weighted by Gasteiger charge is 1.80. The normalized spacial score (nSPS) is 7.00. The lowest BCUT2D eigenvalue weighted by Gasteiger charge is -1.93. The van der Waals surface area contributed by atoms with Crippen LogP contribution in [0.25, 0.3) is 0 Å². The second-order valence-electron chi connectivity index (χ2n) is 1.62. The van der Waals surface area contributed by atoms with Gasteiger partial charge in [0, 0.05) is 0 Å². The molecule has 0 aliphatic carbocycles. The zero-order chi connectivity index (χ0) is 8.53. The summed E-state index contributed by atoms with van der Waals surface area (Å²) in [6.45, 7) is 0. The maximum Gasteiger partial charge on any atom is 0.118 e. The topological polar surface area (TPSA) is 33.1 Å². The van der Waals surface area contributed by atoms with Crippen molar-refractivity contribution in [3.05, 3.63) is 30.3 Å². The van der Waals surface area contributed by atoms with E-state index in [1.165, 1.54) is 0 Å². The Bertz CT molecular complexity index is 217. The van der Waals surface area contributed by atoms with Crippen LogP contribution < -0.4 is 4.74 Å². The van der Waals surface area contributed by atoms with Gasteiger partial charge in [-0.2, -0.15) is 0 Å². The summed E-state index contributed by atoms with van der Waals surface area (Å²) in [6.07, 6.45) is 0. The smallest absolute Gasteiger partial charge is 0.118 e. The predicted molar refractivity (Wildman–Crippen MR) is 48.3 cm³/mol. The number of methoxy groups -OCH3 is 1. The number of isothiocyanates is 1. The molecule has 0 aliphatic heterocycles. The van der Waals surface area contributed by atoms with E-state index < -0.39 is 0 Å². The Kier molecular flexibility index (Phi) is 6.19. The summed E-state index contributed by atoms with van der Waals surface area (Å²) in [5, 5.41) is 7.36. The third-order valence-corrected chi connectivity index (χ3v) is 0.979. The van der Waals surface area contributed by atoms with Gasteiger partial charge in [-0.25, -0.2) is 5.41 Å². The molecular weight excluding hydrogens is 158 g/mol. The maximum absolute atomic E-state index is 5.77. The van der Waals surface area contributed by atoms with Gasteiger partial charge in [0.05, 0.1) is 12.3 Å². The van der Waals surface area contributed by atoms with E-state index in [2.05, 4.69) is 12.2 Å². The zero-order valence-electron chi connectivity index (χ0n) is 6.20. The van der Waals surface area contributed by atoms with Crippen molar-refractivity contribution in [1.29, 1.82) is 5.41 Å². The molecule has 0 atom stereocenters. The fourth-order valence-corrected chi connectivity index (χ4v) is 0.557. The van der Waals surface area contributed by atoms with Crippen LogP contribution in [0.4, 0.5) is 0 Å². The molecule has 0 radical (unpaired) electrons. The van der Waals surface area contributed by atoms with Crippen LogP contribution in [0.2, 0.25) is 0 Å². The average molecular weight is 167 g/mol. The minimum absolute atomic E-state index is 0.910. The Balaban J connectivity index is 0.000000292.